The van der Waals surface area contributed by atoms with E-state index in [0.29, 0.717) is 18.0 Å². The first-order chi connectivity index (χ1) is 13.4. The summed E-state index contributed by atoms with van der Waals surface area (Å²) in [5, 5.41) is 6.54. The number of rotatable bonds is 5. The van der Waals surface area contributed by atoms with Gasteiger partial charge in [-0.25, -0.2) is 4.79 Å². The number of carbonyl (C=O) groups is 3. The molecule has 2 amide bonds. The summed E-state index contributed by atoms with van der Waals surface area (Å²) in [5.41, 5.74) is 3.10. The second-order valence-corrected chi connectivity index (χ2v) is 7.52. The second-order valence-electron chi connectivity index (χ2n) is 6.30. The Kier molecular flexibility index (Phi) is 5.79. The molecular weight excluding hydrogens is 378 g/mol. The lowest BCUT2D eigenvalue weighted by Crippen LogP contribution is -2.36. The van der Waals surface area contributed by atoms with Gasteiger partial charge in [0.2, 0.25) is 0 Å². The summed E-state index contributed by atoms with van der Waals surface area (Å²) in [7, 11) is 1.28. The van der Waals surface area contributed by atoms with Gasteiger partial charge in [0.1, 0.15) is 5.00 Å². The molecule has 2 aromatic heterocycles. The minimum atomic E-state index is -0.815. The third kappa shape index (κ3) is 3.91. The van der Waals surface area contributed by atoms with Crippen LogP contribution >= 0.6 is 11.3 Å². The Morgan fingerprint density at radius 3 is 2.64 bits per heavy atom. The molecule has 146 valence electrons. The fraction of sp³-hybridized carbons (Fsp3) is 0.250. The molecule has 0 aliphatic rings. The molecule has 0 atom stereocenters. The van der Waals surface area contributed by atoms with E-state index in [9.17, 15) is 14.4 Å². The molecule has 0 radical (unpaired) electrons. The van der Waals surface area contributed by atoms with Gasteiger partial charge in [0.05, 0.1) is 12.7 Å². The van der Waals surface area contributed by atoms with Crippen molar-refractivity contribution in [3.05, 3.63) is 52.0 Å². The van der Waals surface area contributed by atoms with E-state index in [-0.39, 0.29) is 5.56 Å². The van der Waals surface area contributed by atoms with Gasteiger partial charge in [0.15, 0.2) is 0 Å². The number of benzene rings is 1. The van der Waals surface area contributed by atoms with Crippen LogP contribution in [0.4, 0.5) is 5.00 Å². The van der Waals surface area contributed by atoms with Crippen molar-refractivity contribution in [2.75, 3.05) is 19.0 Å². The van der Waals surface area contributed by atoms with Crippen LogP contribution in [0.5, 0.6) is 0 Å². The maximum absolute atomic E-state index is 12.2. The molecule has 0 aliphatic carbocycles. The number of aromatic amines is 1. The molecule has 0 bridgehead atoms. The van der Waals surface area contributed by atoms with Crippen LogP contribution in [0.3, 0.4) is 0 Å². The Labute approximate surface area is 166 Å². The predicted molar refractivity (Wildman–Crippen MR) is 109 cm³/mol. The summed E-state index contributed by atoms with van der Waals surface area (Å²) < 4.78 is 4.77. The van der Waals surface area contributed by atoms with Gasteiger partial charge in [0, 0.05) is 28.5 Å². The molecule has 0 aliphatic heterocycles. The molecule has 3 aromatic rings. The van der Waals surface area contributed by atoms with E-state index < -0.39 is 17.8 Å². The quantitative estimate of drug-likeness (QED) is 0.454. The largest absolute Gasteiger partial charge is 0.465 e. The molecule has 0 saturated heterocycles. The van der Waals surface area contributed by atoms with Crippen LogP contribution in [-0.4, -0.2) is 36.4 Å². The lowest BCUT2D eigenvalue weighted by Gasteiger charge is -2.07. The monoisotopic (exact) mass is 399 g/mol. The van der Waals surface area contributed by atoms with Gasteiger partial charge in [-0.2, -0.15) is 0 Å². The number of nitrogens with one attached hydrogen (secondary N) is 3. The molecule has 8 heteroatoms. The number of amides is 2. The SMILES string of the molecule is COC(=O)c1c(NC(=O)C(=O)NCCc2c[nH]c3ccccc23)sc(C)c1C. The highest BCUT2D eigenvalue weighted by Gasteiger charge is 2.23. The Hall–Kier alpha value is -3.13. The fourth-order valence-electron chi connectivity index (χ4n) is 2.95. The average Bonchev–Trinajstić information content (AvgIpc) is 3.22. The zero-order valence-electron chi connectivity index (χ0n) is 15.8. The van der Waals surface area contributed by atoms with Crippen molar-refractivity contribution >= 4 is 45.0 Å². The topological polar surface area (TPSA) is 100 Å². The minimum Gasteiger partial charge on any atom is -0.465 e. The van der Waals surface area contributed by atoms with E-state index in [1.807, 2.05) is 37.4 Å². The van der Waals surface area contributed by atoms with Crippen molar-refractivity contribution in [2.24, 2.45) is 0 Å². The summed E-state index contributed by atoms with van der Waals surface area (Å²) in [5.74, 6) is -2.11. The molecule has 1 aromatic carbocycles. The standard InChI is InChI=1S/C20H21N3O4S/c1-11-12(2)28-19(16(11)20(26)27-3)23-18(25)17(24)21-9-8-13-10-22-15-7-5-4-6-14(13)15/h4-7,10,22H,8-9H2,1-3H3,(H,21,24)(H,23,25). The van der Waals surface area contributed by atoms with Crippen molar-refractivity contribution in [2.45, 2.75) is 20.3 Å². The Balaban J connectivity index is 1.60. The van der Waals surface area contributed by atoms with Crippen molar-refractivity contribution in [3.63, 3.8) is 0 Å². The van der Waals surface area contributed by atoms with Gasteiger partial charge < -0.3 is 20.4 Å². The third-order valence-corrected chi connectivity index (χ3v) is 5.69. The predicted octanol–water partition coefficient (Wildman–Crippen LogP) is 2.93. The number of hydrogen-bond donors (Lipinski definition) is 3. The Morgan fingerprint density at radius 2 is 1.89 bits per heavy atom. The van der Waals surface area contributed by atoms with Crippen molar-refractivity contribution in [3.8, 4) is 0 Å². The lowest BCUT2D eigenvalue weighted by atomic mass is 10.1. The van der Waals surface area contributed by atoms with E-state index in [1.165, 1.54) is 18.4 Å². The summed E-state index contributed by atoms with van der Waals surface area (Å²) in [6, 6.07) is 7.89. The van der Waals surface area contributed by atoms with Crippen LogP contribution in [0.25, 0.3) is 10.9 Å². The zero-order chi connectivity index (χ0) is 20.3. The van der Waals surface area contributed by atoms with E-state index in [0.717, 1.165) is 26.9 Å². The van der Waals surface area contributed by atoms with Gasteiger partial charge >= 0.3 is 17.8 Å². The number of esters is 1. The molecule has 7 nitrogen and oxygen atoms in total. The second kappa shape index (κ2) is 8.26. The van der Waals surface area contributed by atoms with Gasteiger partial charge in [0.25, 0.3) is 0 Å². The highest BCUT2D eigenvalue weighted by Crippen LogP contribution is 2.32. The number of anilines is 1. The highest BCUT2D eigenvalue weighted by atomic mass is 32.1. The molecule has 3 rings (SSSR count). The fourth-order valence-corrected chi connectivity index (χ4v) is 4.00. The molecule has 0 spiro atoms. The smallest absolute Gasteiger partial charge is 0.341 e. The van der Waals surface area contributed by atoms with Gasteiger partial charge in [-0.3, -0.25) is 9.59 Å². The first-order valence-corrected chi connectivity index (χ1v) is 9.56. The van der Waals surface area contributed by atoms with Crippen LogP contribution in [-0.2, 0) is 20.7 Å². The van der Waals surface area contributed by atoms with Crippen LogP contribution < -0.4 is 10.6 Å². The van der Waals surface area contributed by atoms with Crippen molar-refractivity contribution in [1.82, 2.24) is 10.3 Å². The number of carbonyl (C=O) groups excluding carboxylic acids is 3. The first kappa shape index (κ1) is 19.6. The summed E-state index contributed by atoms with van der Waals surface area (Å²) in [6.07, 6.45) is 2.49. The van der Waals surface area contributed by atoms with Crippen molar-refractivity contribution in [1.29, 1.82) is 0 Å². The number of H-pyrrole nitrogens is 1. The third-order valence-electron chi connectivity index (χ3n) is 4.56. The number of hydrogen-bond acceptors (Lipinski definition) is 5. The van der Waals surface area contributed by atoms with Gasteiger partial charge in [-0.05, 0) is 37.5 Å². The first-order valence-electron chi connectivity index (χ1n) is 8.74. The minimum absolute atomic E-state index is 0.282. The number of fused-ring (bicyclic) bond motifs is 1. The number of ether oxygens (including phenoxy) is 1. The zero-order valence-corrected chi connectivity index (χ0v) is 16.7. The van der Waals surface area contributed by atoms with Crippen LogP contribution in [0.15, 0.2) is 30.5 Å². The Morgan fingerprint density at radius 1 is 1.14 bits per heavy atom. The molecule has 3 N–H and O–H groups in total. The number of para-hydroxylation sites is 1. The average molecular weight is 399 g/mol. The number of aromatic nitrogens is 1. The van der Waals surface area contributed by atoms with E-state index in [4.69, 9.17) is 4.74 Å². The number of aryl methyl sites for hydroxylation is 1. The van der Waals surface area contributed by atoms with Gasteiger partial charge in [-0.1, -0.05) is 18.2 Å². The maximum atomic E-state index is 12.2. The molecule has 28 heavy (non-hydrogen) atoms. The molecule has 0 saturated carbocycles. The maximum Gasteiger partial charge on any atom is 0.341 e. The summed E-state index contributed by atoms with van der Waals surface area (Å²) in [6.45, 7) is 3.93. The molecular formula is C20H21N3O4S. The van der Waals surface area contributed by atoms with Crippen LogP contribution in [0, 0.1) is 13.8 Å². The summed E-state index contributed by atoms with van der Waals surface area (Å²) >= 11 is 1.24. The normalized spacial score (nSPS) is 10.7. The summed E-state index contributed by atoms with van der Waals surface area (Å²) in [4.78, 5) is 40.4. The van der Waals surface area contributed by atoms with Crippen LogP contribution in [0.2, 0.25) is 0 Å². The molecule has 0 unspecified atom stereocenters. The van der Waals surface area contributed by atoms with E-state index in [1.54, 1.807) is 6.92 Å². The van der Waals surface area contributed by atoms with Crippen LogP contribution in [0.1, 0.15) is 26.4 Å². The van der Waals surface area contributed by atoms with E-state index in [2.05, 4.69) is 15.6 Å². The lowest BCUT2D eigenvalue weighted by molar-refractivity contribution is -0.136. The number of thiophene rings is 1. The highest BCUT2D eigenvalue weighted by molar-refractivity contribution is 7.17. The molecule has 2 heterocycles. The molecule has 0 fully saturated rings. The van der Waals surface area contributed by atoms with E-state index >= 15 is 0 Å². The van der Waals surface area contributed by atoms with Crippen molar-refractivity contribution < 1.29 is 19.1 Å². The van der Waals surface area contributed by atoms with Gasteiger partial charge in [-0.15, -0.1) is 11.3 Å². The number of methoxy groups -OCH3 is 1. The Bertz CT molecular complexity index is 1050.